The monoisotopic (exact) mass is 455 g/mol. The highest BCUT2D eigenvalue weighted by Crippen LogP contribution is 2.41. The topological polar surface area (TPSA) is 81.1 Å². The minimum atomic E-state index is -4.45. The first-order valence-electron chi connectivity index (χ1n) is 10.5. The Hall–Kier alpha value is -3.56. The van der Waals surface area contributed by atoms with Crippen LogP contribution in [0, 0.1) is 12.8 Å². The quantitative estimate of drug-likeness (QED) is 0.593. The number of fused-ring (bicyclic) bond motifs is 2. The first kappa shape index (κ1) is 21.3. The summed E-state index contributed by atoms with van der Waals surface area (Å²) in [7, 11) is 0. The molecule has 170 valence electrons. The standard InChI is InChI=1S/C23H20F3N5O2/c1-13-7-16(21-27-5-2-6-28-21)17(11-29-13)22(32)31-12-14-8-18(31)19(9-14)33-20-4-3-15(10-30-20)23(24,25)26/h2-7,10-11,14,18-19H,8-9,12H2,1H3. The van der Waals surface area contributed by atoms with Gasteiger partial charge in [0.25, 0.3) is 5.91 Å². The number of rotatable bonds is 4. The van der Waals surface area contributed by atoms with Crippen molar-refractivity contribution in [2.75, 3.05) is 6.54 Å². The number of likely N-dealkylation sites (tertiary alicyclic amines) is 1. The normalized spacial score (nSPS) is 21.9. The molecule has 1 aliphatic carbocycles. The molecule has 3 atom stereocenters. The van der Waals surface area contributed by atoms with Gasteiger partial charge < -0.3 is 9.64 Å². The lowest BCUT2D eigenvalue weighted by atomic mass is 10.0. The fraction of sp³-hybridized carbons (Fsp3) is 0.348. The lowest BCUT2D eigenvalue weighted by molar-refractivity contribution is -0.137. The second kappa shape index (κ2) is 8.09. The Morgan fingerprint density at radius 2 is 1.88 bits per heavy atom. The predicted octanol–water partition coefficient (Wildman–Crippen LogP) is 3.94. The maximum absolute atomic E-state index is 13.5. The van der Waals surface area contributed by atoms with Crippen molar-refractivity contribution < 1.29 is 22.7 Å². The smallest absolute Gasteiger partial charge is 0.417 e. The third-order valence-corrected chi connectivity index (χ3v) is 6.10. The van der Waals surface area contributed by atoms with Gasteiger partial charge in [0.2, 0.25) is 5.88 Å². The largest absolute Gasteiger partial charge is 0.472 e. The number of pyridine rings is 2. The van der Waals surface area contributed by atoms with Crippen molar-refractivity contribution in [1.29, 1.82) is 0 Å². The number of nitrogens with zero attached hydrogens (tertiary/aromatic N) is 5. The molecule has 5 rings (SSSR count). The molecule has 2 aliphatic rings. The molecular weight excluding hydrogens is 435 g/mol. The van der Waals surface area contributed by atoms with E-state index in [1.807, 2.05) is 6.92 Å². The zero-order valence-corrected chi connectivity index (χ0v) is 17.7. The molecule has 3 aromatic rings. The van der Waals surface area contributed by atoms with Gasteiger partial charge in [-0.2, -0.15) is 13.2 Å². The van der Waals surface area contributed by atoms with Crippen molar-refractivity contribution in [3.63, 3.8) is 0 Å². The summed E-state index contributed by atoms with van der Waals surface area (Å²) in [6.07, 6.45) is 2.23. The summed E-state index contributed by atoms with van der Waals surface area (Å²) in [5.41, 5.74) is 0.928. The van der Waals surface area contributed by atoms with E-state index in [9.17, 15) is 18.0 Å². The zero-order valence-electron chi connectivity index (χ0n) is 17.7. The Labute approximate surface area is 187 Å². The molecule has 1 aliphatic heterocycles. The molecule has 2 fully saturated rings. The Morgan fingerprint density at radius 3 is 2.55 bits per heavy atom. The number of carbonyl (C=O) groups excluding carboxylic acids is 1. The maximum atomic E-state index is 13.5. The predicted molar refractivity (Wildman–Crippen MR) is 111 cm³/mol. The minimum Gasteiger partial charge on any atom is -0.472 e. The van der Waals surface area contributed by atoms with Gasteiger partial charge in [-0.1, -0.05) is 0 Å². The molecule has 1 amide bonds. The van der Waals surface area contributed by atoms with Crippen molar-refractivity contribution in [2.45, 2.75) is 38.1 Å². The average Bonchev–Trinajstić information content (AvgIpc) is 3.40. The molecule has 0 radical (unpaired) electrons. The zero-order chi connectivity index (χ0) is 23.2. The number of hydrogen-bond donors (Lipinski definition) is 0. The number of aromatic nitrogens is 4. The highest BCUT2D eigenvalue weighted by molar-refractivity contribution is 6.00. The lowest BCUT2D eigenvalue weighted by Crippen LogP contribution is -2.47. The molecular formula is C23H20F3N5O2. The van der Waals surface area contributed by atoms with E-state index in [4.69, 9.17) is 4.74 Å². The molecule has 7 nitrogen and oxygen atoms in total. The van der Waals surface area contributed by atoms with Crippen LogP contribution in [0.3, 0.4) is 0 Å². The van der Waals surface area contributed by atoms with Crippen LogP contribution in [0.2, 0.25) is 0 Å². The van der Waals surface area contributed by atoms with E-state index in [1.54, 1.807) is 35.6 Å². The lowest BCUT2D eigenvalue weighted by Gasteiger charge is -2.33. The fourth-order valence-electron chi connectivity index (χ4n) is 4.61. The fourth-order valence-corrected chi connectivity index (χ4v) is 4.61. The van der Waals surface area contributed by atoms with E-state index in [1.165, 1.54) is 6.07 Å². The van der Waals surface area contributed by atoms with Gasteiger partial charge >= 0.3 is 6.18 Å². The highest BCUT2D eigenvalue weighted by atomic mass is 19.4. The molecule has 1 saturated carbocycles. The van der Waals surface area contributed by atoms with Crippen LogP contribution in [0.5, 0.6) is 5.88 Å². The summed E-state index contributed by atoms with van der Waals surface area (Å²) in [6.45, 7) is 2.42. The number of aryl methyl sites for hydroxylation is 1. The summed E-state index contributed by atoms with van der Waals surface area (Å²) in [4.78, 5) is 32.0. The number of amides is 1. The third kappa shape index (κ3) is 4.12. The first-order chi connectivity index (χ1) is 15.8. The van der Waals surface area contributed by atoms with E-state index < -0.39 is 11.7 Å². The van der Waals surface area contributed by atoms with Gasteiger partial charge in [0.1, 0.15) is 6.10 Å². The van der Waals surface area contributed by atoms with Gasteiger partial charge in [0.15, 0.2) is 5.82 Å². The average molecular weight is 455 g/mol. The van der Waals surface area contributed by atoms with Crippen LogP contribution in [0.4, 0.5) is 13.2 Å². The van der Waals surface area contributed by atoms with Crippen molar-refractivity contribution in [2.24, 2.45) is 5.92 Å². The van der Waals surface area contributed by atoms with Gasteiger partial charge in [-0.25, -0.2) is 15.0 Å². The second-order valence-corrected chi connectivity index (χ2v) is 8.35. The Morgan fingerprint density at radius 1 is 1.09 bits per heavy atom. The first-order valence-corrected chi connectivity index (χ1v) is 10.5. The highest BCUT2D eigenvalue weighted by Gasteiger charge is 2.49. The molecule has 0 N–H and O–H groups in total. The maximum Gasteiger partial charge on any atom is 0.417 e. The number of ether oxygens (including phenoxy) is 1. The van der Waals surface area contributed by atoms with Gasteiger partial charge in [0.05, 0.1) is 17.2 Å². The Bertz CT molecular complexity index is 1170. The number of piperidine rings is 1. The second-order valence-electron chi connectivity index (χ2n) is 8.35. The van der Waals surface area contributed by atoms with Crippen LogP contribution < -0.4 is 4.74 Å². The van der Waals surface area contributed by atoms with E-state index in [0.717, 1.165) is 30.8 Å². The molecule has 0 aromatic carbocycles. The molecule has 1 saturated heterocycles. The third-order valence-electron chi connectivity index (χ3n) is 6.10. The van der Waals surface area contributed by atoms with Crippen LogP contribution in [-0.4, -0.2) is 49.4 Å². The van der Waals surface area contributed by atoms with Crippen molar-refractivity contribution >= 4 is 5.91 Å². The molecule has 3 unspecified atom stereocenters. The number of hydrogen-bond acceptors (Lipinski definition) is 6. The van der Waals surface area contributed by atoms with Crippen LogP contribution in [0.15, 0.2) is 49.1 Å². The van der Waals surface area contributed by atoms with Gasteiger partial charge in [-0.05, 0) is 43.9 Å². The molecule has 33 heavy (non-hydrogen) atoms. The van der Waals surface area contributed by atoms with Crippen molar-refractivity contribution in [3.05, 3.63) is 65.9 Å². The van der Waals surface area contributed by atoms with E-state index >= 15 is 0 Å². The number of carbonyl (C=O) groups is 1. The van der Waals surface area contributed by atoms with Crippen LogP contribution in [0.25, 0.3) is 11.4 Å². The summed E-state index contributed by atoms with van der Waals surface area (Å²) < 4.78 is 44.3. The molecule has 0 spiro atoms. The Balaban J connectivity index is 1.37. The van der Waals surface area contributed by atoms with Crippen LogP contribution in [0.1, 0.15) is 34.5 Å². The summed E-state index contributed by atoms with van der Waals surface area (Å²) in [5, 5.41) is 0. The van der Waals surface area contributed by atoms with E-state index in [-0.39, 0.29) is 29.9 Å². The van der Waals surface area contributed by atoms with Crippen LogP contribution in [-0.2, 0) is 6.18 Å². The Kier molecular flexibility index (Phi) is 5.22. The van der Waals surface area contributed by atoms with E-state index in [0.29, 0.717) is 23.5 Å². The number of alkyl halides is 3. The SMILES string of the molecule is Cc1cc(-c2ncccn2)c(C(=O)N2CC3CC(Oc4ccc(C(F)(F)F)cn4)C2C3)cn1. The van der Waals surface area contributed by atoms with Gasteiger partial charge in [-0.3, -0.25) is 9.78 Å². The van der Waals surface area contributed by atoms with Crippen molar-refractivity contribution in [3.8, 4) is 17.3 Å². The molecule has 4 heterocycles. The number of halogens is 3. The summed E-state index contributed by atoms with van der Waals surface area (Å²) >= 11 is 0. The summed E-state index contributed by atoms with van der Waals surface area (Å²) in [6, 6.07) is 5.46. The minimum absolute atomic E-state index is 0.114. The van der Waals surface area contributed by atoms with Gasteiger partial charge in [0, 0.05) is 48.7 Å². The molecule has 10 heteroatoms. The summed E-state index contributed by atoms with van der Waals surface area (Å²) in [5.74, 6) is 0.625. The molecule has 2 bridgehead atoms. The van der Waals surface area contributed by atoms with Gasteiger partial charge in [-0.15, -0.1) is 0 Å². The van der Waals surface area contributed by atoms with Crippen LogP contribution >= 0.6 is 0 Å². The van der Waals surface area contributed by atoms with E-state index in [2.05, 4.69) is 19.9 Å². The van der Waals surface area contributed by atoms with Crippen molar-refractivity contribution in [1.82, 2.24) is 24.8 Å². The molecule has 3 aromatic heterocycles.